The van der Waals surface area contributed by atoms with E-state index in [0.717, 1.165) is 18.4 Å². The Morgan fingerprint density at radius 2 is 2.03 bits per heavy atom. The van der Waals surface area contributed by atoms with Gasteiger partial charge in [-0.2, -0.15) is 0 Å². The zero-order valence-corrected chi connectivity index (χ0v) is 17.0. The summed E-state index contributed by atoms with van der Waals surface area (Å²) in [6.07, 6.45) is 3.69. The molecule has 0 aliphatic heterocycles. The molecule has 1 aromatic heterocycles. The van der Waals surface area contributed by atoms with Crippen molar-refractivity contribution in [2.45, 2.75) is 19.8 Å². The van der Waals surface area contributed by atoms with Gasteiger partial charge in [0.25, 0.3) is 5.56 Å². The number of carboxylic acid groups (broad SMARTS) is 1. The molecule has 156 valence electrons. The van der Waals surface area contributed by atoms with Crippen LogP contribution in [-0.2, 0) is 0 Å². The van der Waals surface area contributed by atoms with Gasteiger partial charge in [0.05, 0.1) is 35.5 Å². The second kappa shape index (κ2) is 9.17. The minimum atomic E-state index is -1.06. The normalized spacial score (nSPS) is 11.5. The first kappa shape index (κ1) is 21.0. The molecule has 0 radical (unpaired) electrons. The molecule has 0 saturated carbocycles. The maximum absolute atomic E-state index is 12.9. The maximum Gasteiger partial charge on any atom is 0.335 e. The van der Waals surface area contributed by atoms with Crippen LogP contribution >= 0.6 is 0 Å². The molecule has 7 nitrogen and oxygen atoms in total. The van der Waals surface area contributed by atoms with E-state index in [2.05, 4.69) is 18.6 Å². The summed E-state index contributed by atoms with van der Waals surface area (Å²) in [7, 11) is 1.57. The summed E-state index contributed by atoms with van der Waals surface area (Å²) in [5, 5.41) is 12.9. The molecular weight excluding hydrogens is 384 g/mol. The fourth-order valence-corrected chi connectivity index (χ4v) is 2.99. The molecule has 0 spiro atoms. The van der Waals surface area contributed by atoms with Crippen LogP contribution in [0.3, 0.4) is 0 Å². The molecule has 0 saturated heterocycles. The number of nitrogens with one attached hydrogen (secondary N) is 1. The summed E-state index contributed by atoms with van der Waals surface area (Å²) in [4.78, 5) is 24.1. The van der Waals surface area contributed by atoms with Crippen LogP contribution in [0.15, 0.2) is 47.3 Å². The number of aromatic amines is 1. The van der Waals surface area contributed by atoms with Crippen LogP contribution in [0.2, 0.25) is 0 Å². The molecule has 0 bridgehead atoms. The lowest BCUT2D eigenvalue weighted by Crippen LogP contribution is -2.34. The van der Waals surface area contributed by atoms with E-state index in [4.69, 9.17) is 9.47 Å². The number of carboxylic acids is 1. The van der Waals surface area contributed by atoms with Crippen molar-refractivity contribution in [1.82, 2.24) is 9.78 Å². The standard InChI is InChI=1S/C23H24N2O5/c1-4-5-11-30-20-10-9-16(13-21(20)29-3)12-19-15(2)24-25(22(19)26)18-8-6-7-17(14-18)23(27)28/h6-10,12-14,24H,2,4-5,11H2,1,3H3,(H,27,28)/b19-12+. The topological polar surface area (TPSA) is 93.6 Å². The largest absolute Gasteiger partial charge is 0.493 e. The lowest BCUT2D eigenvalue weighted by atomic mass is 10.1. The minimum absolute atomic E-state index is 0.0912. The number of H-pyrrole nitrogens is 1. The molecule has 30 heavy (non-hydrogen) atoms. The monoisotopic (exact) mass is 408 g/mol. The quantitative estimate of drug-likeness (QED) is 0.558. The van der Waals surface area contributed by atoms with Gasteiger partial charge < -0.3 is 14.6 Å². The predicted molar refractivity (Wildman–Crippen MR) is 115 cm³/mol. The van der Waals surface area contributed by atoms with E-state index in [-0.39, 0.29) is 11.1 Å². The minimum Gasteiger partial charge on any atom is -0.493 e. The van der Waals surface area contributed by atoms with E-state index in [0.29, 0.717) is 34.4 Å². The number of aromatic carboxylic acids is 1. The fraction of sp³-hybridized carbons (Fsp3) is 0.217. The van der Waals surface area contributed by atoms with Gasteiger partial charge in [-0.1, -0.05) is 32.1 Å². The second-order valence-electron chi connectivity index (χ2n) is 6.76. The SMILES string of the molecule is C=c1[nH]n(-c2cccc(C(=O)O)c2)c(=O)/c1=C/c1ccc(OCCCC)c(OC)c1. The van der Waals surface area contributed by atoms with E-state index in [1.54, 1.807) is 31.4 Å². The van der Waals surface area contributed by atoms with Crippen LogP contribution in [0, 0.1) is 0 Å². The van der Waals surface area contributed by atoms with Gasteiger partial charge in [0.15, 0.2) is 11.5 Å². The molecule has 2 aromatic carbocycles. The number of unbranched alkanes of at least 4 members (excludes halogenated alkanes) is 1. The summed E-state index contributed by atoms with van der Waals surface area (Å²) in [5.74, 6) is 0.164. The van der Waals surface area contributed by atoms with Crippen LogP contribution in [0.25, 0.3) is 18.3 Å². The molecule has 0 aliphatic rings. The molecule has 0 aliphatic carbocycles. The van der Waals surface area contributed by atoms with Gasteiger partial charge in [-0.3, -0.25) is 9.89 Å². The molecule has 0 unspecified atom stereocenters. The summed E-state index contributed by atoms with van der Waals surface area (Å²) >= 11 is 0. The molecular formula is C23H24N2O5. The number of ether oxygens (including phenoxy) is 2. The number of rotatable bonds is 8. The summed E-state index contributed by atoms with van der Waals surface area (Å²) in [5.41, 5.74) is 0.933. The summed E-state index contributed by atoms with van der Waals surface area (Å²) in [6, 6.07) is 11.6. The number of carbonyl (C=O) groups is 1. The van der Waals surface area contributed by atoms with Crippen LogP contribution in [0.4, 0.5) is 0 Å². The highest BCUT2D eigenvalue weighted by atomic mass is 16.5. The Kier molecular flexibility index (Phi) is 6.41. The molecule has 7 heteroatoms. The molecule has 0 fully saturated rings. The second-order valence-corrected chi connectivity index (χ2v) is 6.76. The van der Waals surface area contributed by atoms with Crippen LogP contribution in [0.1, 0.15) is 35.7 Å². The third kappa shape index (κ3) is 4.46. The summed E-state index contributed by atoms with van der Waals surface area (Å²) < 4.78 is 12.4. The van der Waals surface area contributed by atoms with Gasteiger partial charge in [-0.15, -0.1) is 0 Å². The van der Waals surface area contributed by atoms with E-state index < -0.39 is 5.97 Å². The predicted octanol–water partition coefficient (Wildman–Crippen LogP) is 2.29. The Labute approximate surface area is 173 Å². The Hall–Kier alpha value is -3.74. The van der Waals surface area contributed by atoms with Crippen molar-refractivity contribution in [2.24, 2.45) is 0 Å². The molecule has 0 amide bonds. The van der Waals surface area contributed by atoms with Crippen molar-refractivity contribution in [1.29, 1.82) is 0 Å². The molecule has 3 aromatic rings. The zero-order valence-electron chi connectivity index (χ0n) is 17.0. The summed E-state index contributed by atoms with van der Waals surface area (Å²) in [6.45, 7) is 6.61. The van der Waals surface area contributed by atoms with Gasteiger partial charge in [-0.05, 0) is 48.4 Å². The van der Waals surface area contributed by atoms with Crippen LogP contribution in [0.5, 0.6) is 11.5 Å². The highest BCUT2D eigenvalue weighted by Gasteiger charge is 2.09. The number of hydrogen-bond acceptors (Lipinski definition) is 4. The number of hydrogen-bond donors (Lipinski definition) is 2. The van der Waals surface area contributed by atoms with Crippen molar-refractivity contribution >= 4 is 18.6 Å². The van der Waals surface area contributed by atoms with Gasteiger partial charge in [0, 0.05) is 0 Å². The smallest absolute Gasteiger partial charge is 0.335 e. The number of methoxy groups -OCH3 is 1. The van der Waals surface area contributed by atoms with Crippen molar-refractivity contribution in [3.8, 4) is 17.2 Å². The van der Waals surface area contributed by atoms with Gasteiger partial charge in [-0.25, -0.2) is 9.48 Å². The molecule has 2 N–H and O–H groups in total. The first-order valence-electron chi connectivity index (χ1n) is 9.61. The Bertz CT molecular complexity index is 1220. The number of aromatic nitrogens is 2. The van der Waals surface area contributed by atoms with Gasteiger partial charge >= 0.3 is 5.97 Å². The highest BCUT2D eigenvalue weighted by Crippen LogP contribution is 2.28. The zero-order chi connectivity index (χ0) is 21.7. The number of benzene rings is 2. The Balaban J connectivity index is 2.01. The van der Waals surface area contributed by atoms with Crippen molar-refractivity contribution in [3.63, 3.8) is 0 Å². The van der Waals surface area contributed by atoms with E-state index in [1.165, 1.54) is 16.8 Å². The van der Waals surface area contributed by atoms with Crippen LogP contribution in [-0.4, -0.2) is 34.6 Å². The third-order valence-corrected chi connectivity index (χ3v) is 4.61. The fourth-order valence-electron chi connectivity index (χ4n) is 2.99. The molecule has 3 rings (SSSR count). The average molecular weight is 408 g/mol. The Morgan fingerprint density at radius 1 is 1.23 bits per heavy atom. The Morgan fingerprint density at radius 3 is 2.73 bits per heavy atom. The average Bonchev–Trinajstić information content (AvgIpc) is 3.03. The molecule has 1 heterocycles. The van der Waals surface area contributed by atoms with E-state index in [1.807, 2.05) is 12.1 Å². The maximum atomic E-state index is 12.9. The lowest BCUT2D eigenvalue weighted by Gasteiger charge is -2.10. The van der Waals surface area contributed by atoms with Crippen molar-refractivity contribution < 1.29 is 19.4 Å². The van der Waals surface area contributed by atoms with Crippen LogP contribution < -0.4 is 25.6 Å². The highest BCUT2D eigenvalue weighted by molar-refractivity contribution is 5.88. The molecule has 0 atom stereocenters. The van der Waals surface area contributed by atoms with E-state index in [9.17, 15) is 14.7 Å². The van der Waals surface area contributed by atoms with Crippen molar-refractivity contribution in [2.75, 3.05) is 13.7 Å². The van der Waals surface area contributed by atoms with E-state index >= 15 is 0 Å². The van der Waals surface area contributed by atoms with Gasteiger partial charge in [0.1, 0.15) is 0 Å². The van der Waals surface area contributed by atoms with Gasteiger partial charge in [0.2, 0.25) is 0 Å². The third-order valence-electron chi connectivity index (χ3n) is 4.61. The first-order valence-corrected chi connectivity index (χ1v) is 9.61. The van der Waals surface area contributed by atoms with Crippen molar-refractivity contribution in [3.05, 3.63) is 74.5 Å². The first-order chi connectivity index (χ1) is 14.4. The number of nitrogens with zero attached hydrogens (tertiary/aromatic N) is 1. The lowest BCUT2D eigenvalue weighted by molar-refractivity contribution is 0.0697.